The van der Waals surface area contributed by atoms with E-state index in [0.717, 1.165) is 31.5 Å². The molecule has 1 saturated heterocycles. The van der Waals surface area contributed by atoms with Gasteiger partial charge in [-0.2, -0.15) is 11.3 Å². The monoisotopic (exact) mass is 341 g/mol. The highest BCUT2D eigenvalue weighted by Gasteiger charge is 2.18. The normalized spacial score (nSPS) is 14.2. The maximum Gasteiger partial charge on any atom is 0.260 e. The molecule has 1 aromatic carbocycles. The summed E-state index contributed by atoms with van der Waals surface area (Å²) in [5.41, 5.74) is 1.62. The van der Waals surface area contributed by atoms with E-state index in [1.54, 1.807) is 47.8 Å². The quantitative estimate of drug-likeness (QED) is 0.595. The number of likely N-dealkylation sites (tertiary alicyclic amines) is 1. The van der Waals surface area contributed by atoms with Crippen molar-refractivity contribution < 1.29 is 14.3 Å². The zero-order valence-corrected chi connectivity index (χ0v) is 14.1. The fraction of sp³-hybridized carbons (Fsp3) is 0.263. The second kappa shape index (κ2) is 7.93. The lowest BCUT2D eigenvalue weighted by Crippen LogP contribution is -2.32. The summed E-state index contributed by atoms with van der Waals surface area (Å²) in [6, 6.07) is 8.85. The lowest BCUT2D eigenvalue weighted by molar-refractivity contribution is -0.132. The van der Waals surface area contributed by atoms with Crippen molar-refractivity contribution in [3.63, 3.8) is 0 Å². The summed E-state index contributed by atoms with van der Waals surface area (Å²) < 4.78 is 5.51. The predicted molar refractivity (Wildman–Crippen MR) is 95.4 cm³/mol. The van der Waals surface area contributed by atoms with Crippen LogP contribution in [0.3, 0.4) is 0 Å². The topological polar surface area (TPSA) is 46.6 Å². The van der Waals surface area contributed by atoms with E-state index < -0.39 is 0 Å². The number of carbonyl (C=O) groups excluding carboxylic acids is 2. The van der Waals surface area contributed by atoms with Crippen LogP contribution in [0.1, 0.15) is 28.8 Å². The first-order valence-corrected chi connectivity index (χ1v) is 8.92. The fourth-order valence-electron chi connectivity index (χ4n) is 2.56. The summed E-state index contributed by atoms with van der Waals surface area (Å²) in [6.07, 6.45) is 5.51. The number of ketones is 1. The molecule has 1 aromatic heterocycles. The Morgan fingerprint density at radius 3 is 2.54 bits per heavy atom. The van der Waals surface area contributed by atoms with E-state index >= 15 is 0 Å². The molecule has 24 heavy (non-hydrogen) atoms. The van der Waals surface area contributed by atoms with E-state index in [9.17, 15) is 9.59 Å². The maximum atomic E-state index is 12.1. The number of hydrogen-bond acceptors (Lipinski definition) is 4. The Morgan fingerprint density at radius 1 is 1.12 bits per heavy atom. The molecule has 0 spiro atoms. The van der Waals surface area contributed by atoms with Crippen LogP contribution in [-0.2, 0) is 4.79 Å². The van der Waals surface area contributed by atoms with Gasteiger partial charge < -0.3 is 9.64 Å². The lowest BCUT2D eigenvalue weighted by atomic mass is 10.1. The molecule has 0 radical (unpaired) electrons. The van der Waals surface area contributed by atoms with Crippen LogP contribution < -0.4 is 4.74 Å². The summed E-state index contributed by atoms with van der Waals surface area (Å²) in [6.45, 7) is 1.70. The van der Waals surface area contributed by atoms with Gasteiger partial charge in [0.05, 0.1) is 0 Å². The van der Waals surface area contributed by atoms with Gasteiger partial charge in [0.1, 0.15) is 5.75 Å². The molecule has 0 atom stereocenters. The summed E-state index contributed by atoms with van der Waals surface area (Å²) in [5.74, 6) is 0.563. The summed E-state index contributed by atoms with van der Waals surface area (Å²) >= 11 is 1.60. The minimum atomic E-state index is -0.0547. The summed E-state index contributed by atoms with van der Waals surface area (Å²) in [7, 11) is 0. The second-order valence-electron chi connectivity index (χ2n) is 5.66. The van der Waals surface area contributed by atoms with Gasteiger partial charge in [-0.3, -0.25) is 9.59 Å². The van der Waals surface area contributed by atoms with Crippen LogP contribution >= 0.6 is 11.3 Å². The number of amides is 1. The summed E-state index contributed by atoms with van der Waals surface area (Å²) in [5, 5.41) is 3.96. The largest absolute Gasteiger partial charge is 0.484 e. The number of thiophene rings is 1. The van der Waals surface area contributed by atoms with E-state index in [0.29, 0.717) is 11.3 Å². The minimum Gasteiger partial charge on any atom is -0.484 e. The first-order chi connectivity index (χ1) is 11.7. The van der Waals surface area contributed by atoms with Crippen LogP contribution in [0.2, 0.25) is 0 Å². The van der Waals surface area contributed by atoms with Crippen LogP contribution in [0.4, 0.5) is 0 Å². The molecule has 0 bridgehead atoms. The van der Waals surface area contributed by atoms with Gasteiger partial charge in [0.25, 0.3) is 5.91 Å². The van der Waals surface area contributed by atoms with Gasteiger partial charge in [-0.05, 0) is 65.6 Å². The molecule has 2 heterocycles. The highest BCUT2D eigenvalue weighted by atomic mass is 32.1. The van der Waals surface area contributed by atoms with E-state index in [-0.39, 0.29) is 18.3 Å². The molecule has 1 fully saturated rings. The number of hydrogen-bond donors (Lipinski definition) is 0. The number of carbonyl (C=O) groups is 2. The zero-order valence-electron chi connectivity index (χ0n) is 13.3. The van der Waals surface area contributed by atoms with Crippen LogP contribution in [0.25, 0.3) is 6.08 Å². The van der Waals surface area contributed by atoms with Gasteiger partial charge in [-0.15, -0.1) is 0 Å². The first-order valence-electron chi connectivity index (χ1n) is 7.97. The standard InChI is InChI=1S/C19H19NO3S/c21-18(8-3-15-9-12-24-14-15)16-4-6-17(7-5-16)23-13-19(22)20-10-1-2-11-20/h3-9,12,14H,1-2,10-11,13H2. The number of ether oxygens (including phenoxy) is 1. The summed E-state index contributed by atoms with van der Waals surface area (Å²) in [4.78, 5) is 25.9. The average Bonchev–Trinajstić information content (AvgIpc) is 3.31. The molecule has 0 N–H and O–H groups in total. The molecular weight excluding hydrogens is 322 g/mol. The smallest absolute Gasteiger partial charge is 0.260 e. The fourth-order valence-corrected chi connectivity index (χ4v) is 3.18. The van der Waals surface area contributed by atoms with Crippen molar-refractivity contribution in [1.82, 2.24) is 4.90 Å². The van der Waals surface area contributed by atoms with Gasteiger partial charge in [-0.25, -0.2) is 0 Å². The Labute approximate surface area is 145 Å². The molecule has 0 saturated carbocycles. The van der Waals surface area contributed by atoms with E-state index in [1.165, 1.54) is 0 Å². The van der Waals surface area contributed by atoms with Gasteiger partial charge in [0.15, 0.2) is 12.4 Å². The van der Waals surface area contributed by atoms with E-state index in [1.807, 2.05) is 21.7 Å². The van der Waals surface area contributed by atoms with Crippen molar-refractivity contribution in [2.24, 2.45) is 0 Å². The van der Waals surface area contributed by atoms with E-state index in [4.69, 9.17) is 4.74 Å². The molecule has 3 rings (SSSR count). The Hall–Kier alpha value is -2.40. The molecule has 5 heteroatoms. The number of allylic oxidation sites excluding steroid dienone is 1. The third-order valence-corrected chi connectivity index (χ3v) is 4.63. The number of rotatable bonds is 6. The van der Waals surface area contributed by atoms with Gasteiger partial charge >= 0.3 is 0 Å². The van der Waals surface area contributed by atoms with Crippen molar-refractivity contribution in [1.29, 1.82) is 0 Å². The molecule has 2 aromatic rings. The number of benzene rings is 1. The van der Waals surface area contributed by atoms with Crippen molar-refractivity contribution >= 4 is 29.1 Å². The van der Waals surface area contributed by atoms with Gasteiger partial charge in [0, 0.05) is 18.7 Å². The predicted octanol–water partition coefficient (Wildman–Crippen LogP) is 3.65. The van der Waals surface area contributed by atoms with Crippen molar-refractivity contribution in [3.8, 4) is 5.75 Å². The maximum absolute atomic E-state index is 12.1. The second-order valence-corrected chi connectivity index (χ2v) is 6.44. The van der Waals surface area contributed by atoms with Crippen LogP contribution in [0.5, 0.6) is 5.75 Å². The Bertz CT molecular complexity index is 714. The van der Waals surface area contributed by atoms with Crippen molar-refractivity contribution in [2.75, 3.05) is 19.7 Å². The third-order valence-electron chi connectivity index (χ3n) is 3.93. The molecular formula is C19H19NO3S. The molecule has 1 amide bonds. The highest BCUT2D eigenvalue weighted by molar-refractivity contribution is 7.08. The zero-order chi connectivity index (χ0) is 16.8. The Morgan fingerprint density at radius 2 is 1.88 bits per heavy atom. The average molecular weight is 341 g/mol. The van der Waals surface area contributed by atoms with Gasteiger partial charge in [-0.1, -0.05) is 6.08 Å². The molecule has 1 aliphatic heterocycles. The molecule has 4 nitrogen and oxygen atoms in total. The molecule has 0 unspecified atom stereocenters. The Balaban J connectivity index is 1.53. The van der Waals surface area contributed by atoms with Crippen LogP contribution in [-0.4, -0.2) is 36.3 Å². The third kappa shape index (κ3) is 4.32. The Kier molecular flexibility index (Phi) is 5.43. The van der Waals surface area contributed by atoms with Gasteiger partial charge in [0.2, 0.25) is 0 Å². The first kappa shape index (κ1) is 16.5. The van der Waals surface area contributed by atoms with Crippen LogP contribution in [0.15, 0.2) is 47.2 Å². The highest BCUT2D eigenvalue weighted by Crippen LogP contribution is 2.15. The molecule has 1 aliphatic rings. The minimum absolute atomic E-state index is 0.0198. The van der Waals surface area contributed by atoms with E-state index in [2.05, 4.69) is 0 Å². The molecule has 0 aliphatic carbocycles. The SMILES string of the molecule is O=C(C=Cc1ccsc1)c1ccc(OCC(=O)N2CCCC2)cc1. The van der Waals surface area contributed by atoms with Crippen molar-refractivity contribution in [2.45, 2.75) is 12.8 Å². The van der Waals surface area contributed by atoms with Crippen LogP contribution in [0, 0.1) is 0 Å². The van der Waals surface area contributed by atoms with Crippen molar-refractivity contribution in [3.05, 3.63) is 58.3 Å². The molecule has 124 valence electrons. The lowest BCUT2D eigenvalue weighted by Gasteiger charge is -2.15. The number of nitrogens with zero attached hydrogens (tertiary/aromatic N) is 1.